The van der Waals surface area contributed by atoms with Crippen molar-refractivity contribution in [3.8, 4) is 0 Å². The zero-order valence-corrected chi connectivity index (χ0v) is 16.1. The topological polar surface area (TPSA) is 78.4 Å². The van der Waals surface area contributed by atoms with E-state index >= 15 is 0 Å². The summed E-state index contributed by atoms with van der Waals surface area (Å²) < 4.78 is 1.06. The molecule has 0 bridgehead atoms. The maximum absolute atomic E-state index is 12.7. The quantitative estimate of drug-likeness (QED) is 0.332. The molecule has 4 aromatic rings. The molecule has 1 aromatic heterocycles. The molecular formula is C23H18N2O3S. The lowest BCUT2D eigenvalue weighted by Crippen LogP contribution is -2.27. The van der Waals surface area contributed by atoms with E-state index in [2.05, 4.69) is 5.32 Å². The van der Waals surface area contributed by atoms with Crippen molar-refractivity contribution in [2.24, 2.45) is 0 Å². The van der Waals surface area contributed by atoms with E-state index in [1.165, 1.54) is 11.3 Å². The zero-order valence-electron chi connectivity index (χ0n) is 15.3. The van der Waals surface area contributed by atoms with Crippen LogP contribution in [0.4, 0.5) is 5.69 Å². The van der Waals surface area contributed by atoms with E-state index in [-0.39, 0.29) is 5.91 Å². The number of hydroxylamine groups is 1. The Labute approximate surface area is 171 Å². The van der Waals surface area contributed by atoms with Crippen molar-refractivity contribution in [2.75, 3.05) is 5.32 Å². The highest BCUT2D eigenvalue weighted by Gasteiger charge is 2.22. The highest BCUT2D eigenvalue weighted by Crippen LogP contribution is 2.28. The molecule has 0 spiro atoms. The van der Waals surface area contributed by atoms with E-state index in [4.69, 9.17) is 5.21 Å². The number of fused-ring (bicyclic) bond motifs is 1. The lowest BCUT2D eigenvalue weighted by molar-refractivity contribution is -0.129. The van der Waals surface area contributed by atoms with Crippen LogP contribution in [0, 0.1) is 0 Å². The molecule has 6 heteroatoms. The van der Waals surface area contributed by atoms with Gasteiger partial charge in [-0.1, -0.05) is 60.7 Å². The van der Waals surface area contributed by atoms with Gasteiger partial charge < -0.3 is 5.32 Å². The Balaban J connectivity index is 1.57. The molecule has 1 atom stereocenters. The summed E-state index contributed by atoms with van der Waals surface area (Å²) in [5.74, 6) is -1.34. The average Bonchev–Trinajstić information content (AvgIpc) is 3.20. The van der Waals surface area contributed by atoms with Crippen molar-refractivity contribution in [1.82, 2.24) is 5.48 Å². The van der Waals surface area contributed by atoms with Crippen LogP contribution in [0.15, 0.2) is 84.2 Å². The van der Waals surface area contributed by atoms with Gasteiger partial charge in [0.05, 0.1) is 11.5 Å². The molecule has 0 saturated heterocycles. The third-order valence-corrected chi connectivity index (χ3v) is 5.70. The summed E-state index contributed by atoms with van der Waals surface area (Å²) in [5, 5.41) is 14.8. The molecule has 1 unspecified atom stereocenters. The van der Waals surface area contributed by atoms with Gasteiger partial charge in [0.25, 0.3) is 11.8 Å². The molecule has 5 nitrogen and oxygen atoms in total. The minimum atomic E-state index is -0.647. The minimum Gasteiger partial charge on any atom is -0.322 e. The first-order chi connectivity index (χ1) is 14.2. The molecule has 0 radical (unpaired) electrons. The van der Waals surface area contributed by atoms with Crippen molar-refractivity contribution >= 4 is 38.9 Å². The fourth-order valence-corrected chi connectivity index (χ4v) is 4.26. The first-order valence-corrected chi connectivity index (χ1v) is 9.92. The third-order valence-electron chi connectivity index (χ3n) is 4.73. The zero-order chi connectivity index (χ0) is 20.2. The monoisotopic (exact) mass is 402 g/mol. The van der Waals surface area contributed by atoms with Gasteiger partial charge in [-0.05, 0) is 29.3 Å². The second-order valence-corrected chi connectivity index (χ2v) is 7.45. The summed E-state index contributed by atoms with van der Waals surface area (Å²) in [5.41, 5.74) is 4.48. The van der Waals surface area contributed by atoms with Crippen LogP contribution in [-0.4, -0.2) is 17.0 Å². The number of thiophene rings is 1. The number of carbonyl (C=O) groups is 2. The van der Waals surface area contributed by atoms with Crippen LogP contribution in [0.5, 0.6) is 0 Å². The highest BCUT2D eigenvalue weighted by atomic mass is 32.1. The average molecular weight is 402 g/mol. The normalized spacial score (nSPS) is 11.8. The summed E-state index contributed by atoms with van der Waals surface area (Å²) in [6.45, 7) is 0. The van der Waals surface area contributed by atoms with Gasteiger partial charge in [0, 0.05) is 21.2 Å². The van der Waals surface area contributed by atoms with Crippen molar-refractivity contribution in [1.29, 1.82) is 0 Å². The van der Waals surface area contributed by atoms with E-state index in [1.54, 1.807) is 29.7 Å². The minimum absolute atomic E-state index is 0.178. The predicted molar refractivity (Wildman–Crippen MR) is 114 cm³/mol. The second kappa shape index (κ2) is 8.26. The van der Waals surface area contributed by atoms with Gasteiger partial charge in [0.15, 0.2) is 0 Å². The molecule has 29 heavy (non-hydrogen) atoms. The fourth-order valence-electron chi connectivity index (χ4n) is 3.32. The number of anilines is 1. The van der Waals surface area contributed by atoms with Crippen LogP contribution in [0.1, 0.15) is 27.4 Å². The van der Waals surface area contributed by atoms with Crippen LogP contribution in [0.2, 0.25) is 0 Å². The van der Waals surface area contributed by atoms with Crippen LogP contribution < -0.4 is 10.8 Å². The Hall–Kier alpha value is -3.48. The van der Waals surface area contributed by atoms with Crippen molar-refractivity contribution in [2.45, 2.75) is 5.92 Å². The van der Waals surface area contributed by atoms with Crippen molar-refractivity contribution < 1.29 is 14.8 Å². The second-order valence-electron chi connectivity index (χ2n) is 6.54. The smallest absolute Gasteiger partial charge is 0.257 e. The third kappa shape index (κ3) is 3.89. The van der Waals surface area contributed by atoms with Crippen LogP contribution in [0.3, 0.4) is 0 Å². The number of amides is 2. The van der Waals surface area contributed by atoms with Crippen LogP contribution >= 0.6 is 11.3 Å². The molecule has 2 amide bonds. The Morgan fingerprint density at radius 2 is 1.48 bits per heavy atom. The highest BCUT2D eigenvalue weighted by molar-refractivity contribution is 7.17. The summed E-state index contributed by atoms with van der Waals surface area (Å²) in [6.07, 6.45) is 0. The number of hydrogen-bond donors (Lipinski definition) is 3. The van der Waals surface area contributed by atoms with Gasteiger partial charge in [-0.2, -0.15) is 0 Å². The maximum atomic E-state index is 12.7. The first kappa shape index (κ1) is 18.9. The van der Waals surface area contributed by atoms with Crippen molar-refractivity contribution in [3.05, 3.63) is 101 Å². The standard InChI is InChI=1S/C23H18N2O3S/c26-22(19-14-29-20-9-5-4-8-18(19)20)24-17-12-10-16(11-13-17)21(23(27)25-28)15-6-2-1-3-7-15/h1-14,21,28H,(H,24,26)(H,25,27). The molecule has 3 N–H and O–H groups in total. The van der Waals surface area contributed by atoms with E-state index in [0.717, 1.165) is 15.6 Å². The molecule has 0 aliphatic carbocycles. The Morgan fingerprint density at radius 1 is 0.828 bits per heavy atom. The van der Waals surface area contributed by atoms with Crippen molar-refractivity contribution in [3.63, 3.8) is 0 Å². The molecular weight excluding hydrogens is 384 g/mol. The largest absolute Gasteiger partial charge is 0.322 e. The predicted octanol–water partition coefficient (Wildman–Crippen LogP) is 4.79. The summed E-state index contributed by atoms with van der Waals surface area (Å²) >= 11 is 1.53. The lowest BCUT2D eigenvalue weighted by atomic mass is 9.90. The number of carbonyl (C=O) groups excluding carboxylic acids is 2. The van der Waals surface area contributed by atoms with Gasteiger partial charge >= 0.3 is 0 Å². The SMILES string of the molecule is O=C(Nc1ccc(C(C(=O)NO)c2ccccc2)cc1)c1csc2ccccc12. The molecule has 0 saturated carbocycles. The van der Waals surface area contributed by atoms with Gasteiger partial charge in [0.1, 0.15) is 0 Å². The maximum Gasteiger partial charge on any atom is 0.257 e. The van der Waals surface area contributed by atoms with E-state index < -0.39 is 11.8 Å². The summed E-state index contributed by atoms with van der Waals surface area (Å²) in [4.78, 5) is 24.9. The summed E-state index contributed by atoms with van der Waals surface area (Å²) in [6, 6.07) is 24.0. The van der Waals surface area contributed by atoms with Gasteiger partial charge in [-0.15, -0.1) is 11.3 Å². The number of benzene rings is 3. The lowest BCUT2D eigenvalue weighted by Gasteiger charge is -2.16. The Morgan fingerprint density at radius 3 is 2.21 bits per heavy atom. The number of rotatable bonds is 5. The number of nitrogens with one attached hydrogen (secondary N) is 2. The fraction of sp³-hybridized carbons (Fsp3) is 0.0435. The molecule has 1 heterocycles. The van der Waals surface area contributed by atoms with Crippen LogP contribution in [-0.2, 0) is 4.79 Å². The van der Waals surface area contributed by atoms with E-state index in [9.17, 15) is 9.59 Å². The van der Waals surface area contributed by atoms with Crippen LogP contribution in [0.25, 0.3) is 10.1 Å². The molecule has 4 rings (SSSR count). The summed E-state index contributed by atoms with van der Waals surface area (Å²) in [7, 11) is 0. The Bertz CT molecular complexity index is 1150. The van der Waals surface area contributed by atoms with Gasteiger partial charge in [0.2, 0.25) is 0 Å². The molecule has 0 aliphatic heterocycles. The van der Waals surface area contributed by atoms with E-state index in [1.807, 2.05) is 60.0 Å². The molecule has 3 aromatic carbocycles. The van der Waals surface area contributed by atoms with E-state index in [0.29, 0.717) is 16.8 Å². The number of hydrogen-bond acceptors (Lipinski definition) is 4. The molecule has 0 aliphatic rings. The van der Waals surface area contributed by atoms with Gasteiger partial charge in [-0.3, -0.25) is 14.8 Å². The van der Waals surface area contributed by atoms with Gasteiger partial charge in [-0.25, -0.2) is 5.48 Å². The molecule has 144 valence electrons. The molecule has 0 fully saturated rings. The first-order valence-electron chi connectivity index (χ1n) is 9.04. The Kier molecular flexibility index (Phi) is 5.37.